The highest BCUT2D eigenvalue weighted by molar-refractivity contribution is 5.45. The van der Waals surface area contributed by atoms with Crippen LogP contribution in [0.15, 0.2) is 6.07 Å². The number of anilines is 2. The van der Waals surface area contributed by atoms with Gasteiger partial charge in [0.25, 0.3) is 0 Å². The van der Waals surface area contributed by atoms with E-state index in [0.29, 0.717) is 17.7 Å². The maximum Gasteiger partial charge on any atom is 0.136 e. The summed E-state index contributed by atoms with van der Waals surface area (Å²) in [4.78, 5) is 8.77. The summed E-state index contributed by atoms with van der Waals surface area (Å²) in [5.74, 6) is 3.39. The van der Waals surface area contributed by atoms with Crippen LogP contribution in [0, 0.1) is 5.92 Å². The fourth-order valence-corrected chi connectivity index (χ4v) is 1.81. The van der Waals surface area contributed by atoms with Crippen LogP contribution in [0.25, 0.3) is 0 Å². The molecule has 0 atom stereocenters. The first kappa shape index (κ1) is 14.1. The predicted octanol–water partition coefficient (Wildman–Crippen LogP) is 2.41. The molecule has 0 spiro atoms. The van der Waals surface area contributed by atoms with Crippen LogP contribution in [0.2, 0.25) is 0 Å². The Morgan fingerprint density at radius 2 is 2.21 bits per heavy atom. The molecule has 1 saturated carbocycles. The highest BCUT2D eigenvalue weighted by Crippen LogP contribution is 2.38. The third-order valence-electron chi connectivity index (χ3n) is 2.93. The molecule has 5 heteroatoms. The SMILES string of the molecule is CC(C)COCCCNc1cc(N)nc(C2CC2)n1. The van der Waals surface area contributed by atoms with E-state index < -0.39 is 0 Å². The van der Waals surface area contributed by atoms with E-state index in [-0.39, 0.29) is 0 Å². The van der Waals surface area contributed by atoms with Gasteiger partial charge in [0.15, 0.2) is 0 Å². The number of nitrogen functional groups attached to an aromatic ring is 1. The van der Waals surface area contributed by atoms with Crippen molar-refractivity contribution in [1.29, 1.82) is 0 Å². The first-order valence-electron chi connectivity index (χ1n) is 7.11. The number of rotatable bonds is 8. The van der Waals surface area contributed by atoms with Crippen molar-refractivity contribution in [3.05, 3.63) is 11.9 Å². The van der Waals surface area contributed by atoms with Crippen LogP contribution < -0.4 is 11.1 Å². The summed E-state index contributed by atoms with van der Waals surface area (Å²) in [7, 11) is 0. The average molecular weight is 264 g/mol. The molecule has 1 heterocycles. The van der Waals surface area contributed by atoms with E-state index in [1.54, 1.807) is 6.07 Å². The van der Waals surface area contributed by atoms with Gasteiger partial charge < -0.3 is 15.8 Å². The molecule has 0 unspecified atom stereocenters. The number of aromatic nitrogens is 2. The van der Waals surface area contributed by atoms with Gasteiger partial charge in [-0.15, -0.1) is 0 Å². The molecular formula is C14H24N4O. The van der Waals surface area contributed by atoms with E-state index in [1.807, 2.05) is 0 Å². The van der Waals surface area contributed by atoms with Crippen molar-refractivity contribution in [3.8, 4) is 0 Å². The third-order valence-corrected chi connectivity index (χ3v) is 2.93. The molecule has 0 radical (unpaired) electrons. The Bertz CT molecular complexity index is 404. The van der Waals surface area contributed by atoms with Crippen molar-refractivity contribution >= 4 is 11.6 Å². The van der Waals surface area contributed by atoms with Crippen molar-refractivity contribution in [2.45, 2.75) is 39.0 Å². The Labute approximate surface area is 115 Å². The van der Waals surface area contributed by atoms with Gasteiger partial charge in [0, 0.05) is 31.7 Å². The Kier molecular flexibility index (Phi) is 4.96. The average Bonchev–Trinajstić information content (AvgIpc) is 3.16. The Morgan fingerprint density at radius 1 is 1.42 bits per heavy atom. The minimum atomic E-state index is 0.526. The summed E-state index contributed by atoms with van der Waals surface area (Å²) in [6.07, 6.45) is 3.34. The Morgan fingerprint density at radius 3 is 2.89 bits per heavy atom. The Balaban J connectivity index is 1.70. The first-order chi connectivity index (χ1) is 9.15. The molecule has 0 aliphatic heterocycles. The second kappa shape index (κ2) is 6.70. The van der Waals surface area contributed by atoms with Gasteiger partial charge in [0.2, 0.25) is 0 Å². The van der Waals surface area contributed by atoms with Gasteiger partial charge in [-0.25, -0.2) is 9.97 Å². The van der Waals surface area contributed by atoms with Crippen LogP contribution in [-0.4, -0.2) is 29.7 Å². The van der Waals surface area contributed by atoms with Crippen LogP contribution in [0.3, 0.4) is 0 Å². The van der Waals surface area contributed by atoms with Crippen LogP contribution in [0.1, 0.15) is 44.9 Å². The molecule has 0 aromatic carbocycles. The van der Waals surface area contributed by atoms with Gasteiger partial charge in [0.05, 0.1) is 0 Å². The molecule has 1 fully saturated rings. The first-order valence-corrected chi connectivity index (χ1v) is 7.11. The lowest BCUT2D eigenvalue weighted by molar-refractivity contribution is 0.110. The van der Waals surface area contributed by atoms with Crippen molar-refractivity contribution < 1.29 is 4.74 Å². The largest absolute Gasteiger partial charge is 0.384 e. The van der Waals surface area contributed by atoms with Crippen molar-refractivity contribution in [2.75, 3.05) is 30.8 Å². The molecule has 19 heavy (non-hydrogen) atoms. The van der Waals surface area contributed by atoms with Gasteiger partial charge in [-0.2, -0.15) is 0 Å². The van der Waals surface area contributed by atoms with E-state index in [0.717, 1.165) is 37.8 Å². The predicted molar refractivity (Wildman–Crippen MR) is 77.2 cm³/mol. The van der Waals surface area contributed by atoms with Gasteiger partial charge in [-0.1, -0.05) is 13.8 Å². The second-order valence-electron chi connectivity index (χ2n) is 5.56. The van der Waals surface area contributed by atoms with Gasteiger partial charge in [0.1, 0.15) is 17.5 Å². The van der Waals surface area contributed by atoms with E-state index in [1.165, 1.54) is 12.8 Å². The summed E-state index contributed by atoms with van der Waals surface area (Å²) >= 11 is 0. The molecule has 1 aromatic heterocycles. The quantitative estimate of drug-likeness (QED) is 0.705. The maximum atomic E-state index is 5.79. The number of hydrogen-bond donors (Lipinski definition) is 2. The van der Waals surface area contributed by atoms with Gasteiger partial charge in [-0.3, -0.25) is 0 Å². The van der Waals surface area contributed by atoms with E-state index in [2.05, 4.69) is 29.1 Å². The molecule has 0 bridgehead atoms. The number of hydrogen-bond acceptors (Lipinski definition) is 5. The summed E-state index contributed by atoms with van der Waals surface area (Å²) in [5.41, 5.74) is 5.79. The van der Waals surface area contributed by atoms with Gasteiger partial charge >= 0.3 is 0 Å². The number of nitrogens with two attached hydrogens (primary N) is 1. The van der Waals surface area contributed by atoms with E-state index in [9.17, 15) is 0 Å². The van der Waals surface area contributed by atoms with E-state index in [4.69, 9.17) is 10.5 Å². The zero-order valence-electron chi connectivity index (χ0n) is 11.9. The van der Waals surface area contributed by atoms with Crippen molar-refractivity contribution in [3.63, 3.8) is 0 Å². The minimum Gasteiger partial charge on any atom is -0.384 e. The molecular weight excluding hydrogens is 240 g/mol. The fourth-order valence-electron chi connectivity index (χ4n) is 1.81. The third kappa shape index (κ3) is 5.03. The Hall–Kier alpha value is -1.36. The van der Waals surface area contributed by atoms with Crippen LogP contribution >= 0.6 is 0 Å². The number of nitrogens with one attached hydrogen (secondary N) is 1. The molecule has 5 nitrogen and oxygen atoms in total. The number of nitrogens with zero attached hydrogens (tertiary/aromatic N) is 2. The standard InChI is InChI=1S/C14H24N4O/c1-10(2)9-19-7-3-6-16-13-8-12(15)17-14(18-13)11-4-5-11/h8,10-11H,3-7,9H2,1-2H3,(H3,15,16,17,18). The lowest BCUT2D eigenvalue weighted by atomic mass is 10.2. The smallest absolute Gasteiger partial charge is 0.136 e. The zero-order chi connectivity index (χ0) is 13.7. The second-order valence-corrected chi connectivity index (χ2v) is 5.56. The molecule has 1 aliphatic rings. The highest BCUT2D eigenvalue weighted by Gasteiger charge is 2.27. The molecule has 1 aliphatic carbocycles. The molecule has 1 aromatic rings. The maximum absolute atomic E-state index is 5.79. The molecule has 106 valence electrons. The summed E-state index contributed by atoms with van der Waals surface area (Å²) in [5, 5.41) is 3.29. The van der Waals surface area contributed by atoms with E-state index >= 15 is 0 Å². The van der Waals surface area contributed by atoms with Crippen LogP contribution in [-0.2, 0) is 4.74 Å². The lowest BCUT2D eigenvalue weighted by Gasteiger charge is -2.09. The normalized spacial score (nSPS) is 14.9. The zero-order valence-corrected chi connectivity index (χ0v) is 11.9. The summed E-state index contributed by atoms with van der Waals surface area (Å²) in [6, 6.07) is 1.79. The fraction of sp³-hybridized carbons (Fsp3) is 0.714. The van der Waals surface area contributed by atoms with Gasteiger partial charge in [-0.05, 0) is 25.2 Å². The molecule has 3 N–H and O–H groups in total. The van der Waals surface area contributed by atoms with Crippen molar-refractivity contribution in [2.24, 2.45) is 5.92 Å². The number of ether oxygens (including phenoxy) is 1. The van der Waals surface area contributed by atoms with Crippen LogP contribution in [0.4, 0.5) is 11.6 Å². The minimum absolute atomic E-state index is 0.526. The molecule has 2 rings (SSSR count). The lowest BCUT2D eigenvalue weighted by Crippen LogP contribution is -2.10. The van der Waals surface area contributed by atoms with Crippen LogP contribution in [0.5, 0.6) is 0 Å². The highest BCUT2D eigenvalue weighted by atomic mass is 16.5. The summed E-state index contributed by atoms with van der Waals surface area (Å²) < 4.78 is 5.53. The topological polar surface area (TPSA) is 73.1 Å². The monoisotopic (exact) mass is 264 g/mol. The van der Waals surface area contributed by atoms with Crippen molar-refractivity contribution in [1.82, 2.24) is 9.97 Å². The summed E-state index contributed by atoms with van der Waals surface area (Å²) in [6.45, 7) is 6.76. The molecule has 0 saturated heterocycles. The molecule has 0 amide bonds.